The molecule has 7 nitrogen and oxygen atoms in total. The lowest BCUT2D eigenvalue weighted by molar-refractivity contribution is 0.102. The van der Waals surface area contributed by atoms with Crippen LogP contribution in [0, 0.1) is 0 Å². The fourth-order valence-electron chi connectivity index (χ4n) is 3.21. The fourth-order valence-corrected chi connectivity index (χ4v) is 3.60. The summed E-state index contributed by atoms with van der Waals surface area (Å²) in [6.07, 6.45) is 0. The van der Waals surface area contributed by atoms with Gasteiger partial charge in [-0.05, 0) is 42.5 Å². The first-order chi connectivity index (χ1) is 15.4. The van der Waals surface area contributed by atoms with Gasteiger partial charge in [0.25, 0.3) is 5.91 Å². The van der Waals surface area contributed by atoms with E-state index in [1.165, 1.54) is 21.3 Å². The van der Waals surface area contributed by atoms with E-state index in [9.17, 15) is 4.79 Å². The van der Waals surface area contributed by atoms with Crippen LogP contribution < -0.4 is 19.5 Å². The Labute approximate surface area is 193 Å². The number of rotatable bonds is 6. The minimum absolute atomic E-state index is 0.193. The lowest BCUT2D eigenvalue weighted by atomic mass is 10.2. The molecule has 9 heteroatoms. The topological polar surface area (TPSA) is 82.8 Å². The van der Waals surface area contributed by atoms with Gasteiger partial charge in [-0.2, -0.15) is 0 Å². The van der Waals surface area contributed by atoms with E-state index in [1.807, 2.05) is 0 Å². The van der Waals surface area contributed by atoms with E-state index in [1.54, 1.807) is 48.5 Å². The Morgan fingerprint density at radius 2 is 1.69 bits per heavy atom. The van der Waals surface area contributed by atoms with Crippen molar-refractivity contribution in [2.45, 2.75) is 0 Å². The molecule has 1 N–H and O–H groups in total. The molecule has 0 unspecified atom stereocenters. The summed E-state index contributed by atoms with van der Waals surface area (Å²) in [5.74, 6) is 1.41. The largest absolute Gasteiger partial charge is 0.493 e. The first-order valence-electron chi connectivity index (χ1n) is 9.41. The standard InChI is InChI=1S/C23H18Cl2N2O5/c1-29-18-9-12(10-19(30-2)21(18)31-3)23-27-16-11-13(7-8-17(16)32-23)26-22(28)14-5-4-6-15(24)20(14)25/h4-11H,1-3H3,(H,26,28). The second-order valence-electron chi connectivity index (χ2n) is 6.67. The van der Waals surface area contributed by atoms with Crippen molar-refractivity contribution >= 4 is 45.9 Å². The number of hydrogen-bond donors (Lipinski definition) is 1. The number of nitrogens with zero attached hydrogens (tertiary/aromatic N) is 1. The Hall–Kier alpha value is -3.42. The van der Waals surface area contributed by atoms with E-state index in [4.69, 9.17) is 41.8 Å². The Morgan fingerprint density at radius 1 is 0.969 bits per heavy atom. The van der Waals surface area contributed by atoms with Crippen LogP contribution in [0.1, 0.15) is 10.4 Å². The maximum atomic E-state index is 12.6. The number of hydrogen-bond acceptors (Lipinski definition) is 6. The third kappa shape index (κ3) is 4.04. The number of anilines is 1. The van der Waals surface area contributed by atoms with Gasteiger partial charge in [0.05, 0.1) is 36.9 Å². The Bertz CT molecular complexity index is 1290. The van der Waals surface area contributed by atoms with Crippen LogP contribution in [-0.2, 0) is 0 Å². The first-order valence-corrected chi connectivity index (χ1v) is 10.2. The van der Waals surface area contributed by atoms with E-state index in [0.29, 0.717) is 50.5 Å². The summed E-state index contributed by atoms with van der Waals surface area (Å²) in [6, 6.07) is 13.5. The van der Waals surface area contributed by atoms with Crippen LogP contribution in [0.25, 0.3) is 22.6 Å². The minimum Gasteiger partial charge on any atom is -0.493 e. The maximum absolute atomic E-state index is 12.6. The van der Waals surface area contributed by atoms with Gasteiger partial charge in [0.1, 0.15) is 5.52 Å². The molecule has 0 aliphatic carbocycles. The second-order valence-corrected chi connectivity index (χ2v) is 7.46. The molecular formula is C23H18Cl2N2O5. The summed E-state index contributed by atoms with van der Waals surface area (Å²) in [5.41, 5.74) is 2.56. The van der Waals surface area contributed by atoms with Crippen LogP contribution in [0.5, 0.6) is 17.2 Å². The van der Waals surface area contributed by atoms with Crippen molar-refractivity contribution in [3.63, 3.8) is 0 Å². The van der Waals surface area contributed by atoms with Crippen molar-refractivity contribution < 1.29 is 23.4 Å². The molecule has 4 aromatic rings. The minimum atomic E-state index is -0.384. The zero-order valence-corrected chi connectivity index (χ0v) is 18.9. The number of methoxy groups -OCH3 is 3. The van der Waals surface area contributed by atoms with E-state index in [2.05, 4.69) is 10.3 Å². The maximum Gasteiger partial charge on any atom is 0.257 e. The van der Waals surface area contributed by atoms with Gasteiger partial charge < -0.3 is 23.9 Å². The molecule has 1 aromatic heterocycles. The lowest BCUT2D eigenvalue weighted by Crippen LogP contribution is -2.12. The molecule has 0 saturated heterocycles. The molecule has 0 aliphatic rings. The number of aromatic nitrogens is 1. The molecule has 164 valence electrons. The normalized spacial score (nSPS) is 10.8. The third-order valence-electron chi connectivity index (χ3n) is 4.75. The highest BCUT2D eigenvalue weighted by atomic mass is 35.5. The molecular weight excluding hydrogens is 455 g/mol. The van der Waals surface area contributed by atoms with Crippen molar-refractivity contribution in [2.75, 3.05) is 26.6 Å². The third-order valence-corrected chi connectivity index (χ3v) is 5.57. The Kier molecular flexibility index (Phi) is 6.12. The average Bonchev–Trinajstić information content (AvgIpc) is 3.23. The predicted octanol–water partition coefficient (Wildman–Crippen LogP) is 6.08. The number of amides is 1. The molecule has 3 aromatic carbocycles. The smallest absolute Gasteiger partial charge is 0.257 e. The van der Waals surface area contributed by atoms with Gasteiger partial charge in [0.15, 0.2) is 17.1 Å². The molecule has 1 amide bonds. The zero-order chi connectivity index (χ0) is 22.8. The van der Waals surface area contributed by atoms with E-state index >= 15 is 0 Å². The first kappa shape index (κ1) is 21.8. The van der Waals surface area contributed by atoms with Crippen LogP contribution in [0.15, 0.2) is 52.9 Å². The van der Waals surface area contributed by atoms with Crippen molar-refractivity contribution in [2.24, 2.45) is 0 Å². The summed E-state index contributed by atoms with van der Waals surface area (Å²) >= 11 is 12.1. The van der Waals surface area contributed by atoms with Crippen LogP contribution in [0.3, 0.4) is 0 Å². The number of halogens is 2. The highest BCUT2D eigenvalue weighted by Crippen LogP contribution is 2.41. The molecule has 1 heterocycles. The summed E-state index contributed by atoms with van der Waals surface area (Å²) in [6.45, 7) is 0. The summed E-state index contributed by atoms with van der Waals surface area (Å²) in [5, 5.41) is 3.30. The van der Waals surface area contributed by atoms with Crippen LogP contribution in [-0.4, -0.2) is 32.2 Å². The van der Waals surface area contributed by atoms with Crippen molar-refractivity contribution in [1.29, 1.82) is 0 Å². The predicted molar refractivity (Wildman–Crippen MR) is 124 cm³/mol. The number of oxazole rings is 1. The quantitative estimate of drug-likeness (QED) is 0.366. The van der Waals surface area contributed by atoms with Crippen LogP contribution in [0.2, 0.25) is 10.0 Å². The van der Waals surface area contributed by atoms with Crippen LogP contribution >= 0.6 is 23.2 Å². The van der Waals surface area contributed by atoms with Crippen molar-refractivity contribution in [3.8, 4) is 28.7 Å². The highest BCUT2D eigenvalue weighted by molar-refractivity contribution is 6.44. The lowest BCUT2D eigenvalue weighted by Gasteiger charge is -2.12. The molecule has 0 spiro atoms. The molecule has 0 atom stereocenters. The summed E-state index contributed by atoms with van der Waals surface area (Å²) in [4.78, 5) is 17.2. The van der Waals surface area contributed by atoms with E-state index in [-0.39, 0.29) is 16.5 Å². The highest BCUT2D eigenvalue weighted by Gasteiger charge is 2.18. The van der Waals surface area contributed by atoms with Gasteiger partial charge >= 0.3 is 0 Å². The number of benzene rings is 3. The number of carbonyl (C=O) groups is 1. The molecule has 32 heavy (non-hydrogen) atoms. The number of ether oxygens (including phenoxy) is 3. The Morgan fingerprint density at radius 3 is 2.34 bits per heavy atom. The number of nitrogens with one attached hydrogen (secondary N) is 1. The number of fused-ring (bicyclic) bond motifs is 1. The van der Waals surface area contributed by atoms with Crippen molar-refractivity contribution in [1.82, 2.24) is 4.98 Å². The average molecular weight is 473 g/mol. The van der Waals surface area contributed by atoms with Gasteiger partial charge in [0, 0.05) is 11.3 Å². The SMILES string of the molecule is COc1cc(-c2nc3cc(NC(=O)c4cccc(Cl)c4Cl)ccc3o2)cc(OC)c1OC. The van der Waals surface area contributed by atoms with Gasteiger partial charge in [-0.15, -0.1) is 0 Å². The molecule has 0 fully saturated rings. The van der Waals surface area contributed by atoms with Gasteiger partial charge in [-0.1, -0.05) is 29.3 Å². The molecule has 0 bridgehead atoms. The van der Waals surface area contributed by atoms with Gasteiger partial charge in [0.2, 0.25) is 11.6 Å². The monoisotopic (exact) mass is 472 g/mol. The van der Waals surface area contributed by atoms with E-state index in [0.717, 1.165) is 0 Å². The fraction of sp³-hybridized carbons (Fsp3) is 0.130. The molecule has 0 aliphatic heterocycles. The molecule has 0 radical (unpaired) electrons. The molecule has 4 rings (SSSR count). The second kappa shape index (κ2) is 8.98. The number of carbonyl (C=O) groups excluding carboxylic acids is 1. The van der Waals surface area contributed by atoms with Gasteiger partial charge in [-0.3, -0.25) is 4.79 Å². The Balaban J connectivity index is 1.67. The van der Waals surface area contributed by atoms with E-state index < -0.39 is 0 Å². The van der Waals surface area contributed by atoms with Crippen LogP contribution in [0.4, 0.5) is 5.69 Å². The van der Waals surface area contributed by atoms with Gasteiger partial charge in [-0.25, -0.2) is 4.98 Å². The molecule has 0 saturated carbocycles. The van der Waals surface area contributed by atoms with Crippen molar-refractivity contribution in [3.05, 3.63) is 64.1 Å². The summed E-state index contributed by atoms with van der Waals surface area (Å²) in [7, 11) is 4.61. The summed E-state index contributed by atoms with van der Waals surface area (Å²) < 4.78 is 22.0. The zero-order valence-electron chi connectivity index (χ0n) is 17.4.